The Morgan fingerprint density at radius 2 is 2.10 bits per heavy atom. The molecule has 0 saturated heterocycles. The van der Waals surface area contributed by atoms with Gasteiger partial charge in [-0.3, -0.25) is 10.1 Å². The van der Waals surface area contributed by atoms with Gasteiger partial charge in [0.05, 0.1) is 4.92 Å². The second-order valence-electron chi connectivity index (χ2n) is 4.53. The molecule has 0 unspecified atom stereocenters. The van der Waals surface area contributed by atoms with E-state index >= 15 is 0 Å². The Balaban J connectivity index is 2.65. The lowest BCUT2D eigenvalue weighted by Gasteiger charge is -2.12. The summed E-state index contributed by atoms with van der Waals surface area (Å²) in [6.45, 7) is 4.03. The summed E-state index contributed by atoms with van der Waals surface area (Å²) in [4.78, 5) is 21.5. The second kappa shape index (κ2) is 5.57. The molecule has 7 heteroatoms. The highest BCUT2D eigenvalue weighted by Gasteiger charge is 2.19. The van der Waals surface area contributed by atoms with Gasteiger partial charge in [-0.15, -0.1) is 0 Å². The number of hydrogen-bond acceptors (Lipinski definition) is 3. The molecule has 0 saturated carbocycles. The molecule has 21 heavy (non-hydrogen) atoms. The molecule has 2 aromatic rings. The van der Waals surface area contributed by atoms with E-state index in [1.807, 2.05) is 6.92 Å². The zero-order chi connectivity index (χ0) is 15.7. The molecule has 0 aliphatic rings. The largest absolute Gasteiger partial charge is 0.477 e. The average molecular weight is 309 g/mol. The van der Waals surface area contributed by atoms with Crippen molar-refractivity contribution in [1.82, 2.24) is 4.57 Å². The Morgan fingerprint density at radius 3 is 2.62 bits per heavy atom. The maximum atomic E-state index is 11.2. The van der Waals surface area contributed by atoms with Crippen LogP contribution in [0, 0.1) is 17.0 Å². The van der Waals surface area contributed by atoms with Gasteiger partial charge in [0.15, 0.2) is 0 Å². The highest BCUT2D eigenvalue weighted by Crippen LogP contribution is 2.34. The highest BCUT2D eigenvalue weighted by atomic mass is 35.5. The molecule has 0 radical (unpaired) electrons. The van der Waals surface area contributed by atoms with E-state index in [0.717, 1.165) is 0 Å². The molecular weight excluding hydrogens is 296 g/mol. The van der Waals surface area contributed by atoms with Crippen molar-refractivity contribution in [3.63, 3.8) is 0 Å². The van der Waals surface area contributed by atoms with E-state index in [0.29, 0.717) is 23.4 Å². The second-order valence-corrected chi connectivity index (χ2v) is 4.94. The van der Waals surface area contributed by atoms with E-state index in [1.54, 1.807) is 17.6 Å². The summed E-state index contributed by atoms with van der Waals surface area (Å²) in [6.07, 6.45) is 0. The fraction of sp³-hybridized carbons (Fsp3) is 0.214. The molecule has 0 amide bonds. The summed E-state index contributed by atoms with van der Waals surface area (Å²) >= 11 is 5.94. The first-order valence-corrected chi connectivity index (χ1v) is 6.62. The first kappa shape index (κ1) is 15.1. The number of benzene rings is 1. The van der Waals surface area contributed by atoms with E-state index in [2.05, 4.69) is 0 Å². The predicted molar refractivity (Wildman–Crippen MR) is 78.9 cm³/mol. The monoisotopic (exact) mass is 308 g/mol. The molecule has 110 valence electrons. The number of nitro benzene ring substituents is 1. The molecule has 2 rings (SSSR count). The van der Waals surface area contributed by atoms with Crippen LogP contribution in [0.15, 0.2) is 24.3 Å². The molecule has 6 nitrogen and oxygen atoms in total. The van der Waals surface area contributed by atoms with Crippen LogP contribution in [-0.2, 0) is 6.54 Å². The number of hydrogen-bond donors (Lipinski definition) is 1. The van der Waals surface area contributed by atoms with Gasteiger partial charge in [0.25, 0.3) is 5.69 Å². The van der Waals surface area contributed by atoms with Gasteiger partial charge in [-0.25, -0.2) is 4.79 Å². The third kappa shape index (κ3) is 2.62. The van der Waals surface area contributed by atoms with Crippen molar-refractivity contribution in [2.75, 3.05) is 0 Å². The van der Waals surface area contributed by atoms with Gasteiger partial charge in [-0.05, 0) is 37.6 Å². The number of aryl methyl sites for hydroxylation is 1. The third-order valence-corrected chi connectivity index (χ3v) is 3.59. The average Bonchev–Trinajstić information content (AvgIpc) is 2.84. The van der Waals surface area contributed by atoms with Crippen molar-refractivity contribution < 1.29 is 14.8 Å². The lowest BCUT2D eigenvalue weighted by Crippen LogP contribution is -2.08. The van der Waals surface area contributed by atoms with Gasteiger partial charge >= 0.3 is 5.97 Å². The van der Waals surface area contributed by atoms with Crippen molar-refractivity contribution in [2.24, 2.45) is 0 Å². The first-order chi connectivity index (χ1) is 9.86. The standard InChI is InChI=1S/C14H13ClN2O4/c1-3-16-11(4-5-12(16)14(18)19)9-7-10(15)13(17(20)21)6-8(9)2/h4-7H,3H2,1-2H3,(H,18,19). The van der Waals surface area contributed by atoms with Crippen LogP contribution in [0.2, 0.25) is 5.02 Å². The lowest BCUT2D eigenvalue weighted by molar-refractivity contribution is -0.384. The molecular formula is C14H13ClN2O4. The highest BCUT2D eigenvalue weighted by molar-refractivity contribution is 6.33. The maximum absolute atomic E-state index is 11.2. The van der Waals surface area contributed by atoms with E-state index < -0.39 is 10.9 Å². The van der Waals surface area contributed by atoms with Gasteiger partial charge in [0.2, 0.25) is 0 Å². The Morgan fingerprint density at radius 1 is 1.43 bits per heavy atom. The number of carboxylic acid groups (broad SMARTS) is 1. The number of nitro groups is 1. The minimum Gasteiger partial charge on any atom is -0.477 e. The number of aromatic carboxylic acids is 1. The van der Waals surface area contributed by atoms with Crippen LogP contribution >= 0.6 is 11.6 Å². The number of halogens is 1. The van der Waals surface area contributed by atoms with E-state index in [-0.39, 0.29) is 16.4 Å². The fourth-order valence-corrected chi connectivity index (χ4v) is 2.54. The van der Waals surface area contributed by atoms with Crippen LogP contribution in [0.3, 0.4) is 0 Å². The summed E-state index contributed by atoms with van der Waals surface area (Å²) < 4.78 is 1.63. The minimum atomic E-state index is -1.02. The predicted octanol–water partition coefficient (Wildman–Crippen LogP) is 3.74. The molecule has 1 aromatic carbocycles. The summed E-state index contributed by atoms with van der Waals surface area (Å²) in [5.74, 6) is -1.02. The first-order valence-electron chi connectivity index (χ1n) is 6.24. The zero-order valence-electron chi connectivity index (χ0n) is 11.5. The van der Waals surface area contributed by atoms with Crippen LogP contribution in [0.1, 0.15) is 23.0 Å². The van der Waals surface area contributed by atoms with Crippen LogP contribution in [0.25, 0.3) is 11.3 Å². The Kier molecular flexibility index (Phi) is 3.99. The van der Waals surface area contributed by atoms with E-state index in [1.165, 1.54) is 18.2 Å². The number of aromatic nitrogens is 1. The van der Waals surface area contributed by atoms with E-state index in [4.69, 9.17) is 16.7 Å². The molecule has 1 N–H and O–H groups in total. The minimum absolute atomic E-state index is 0.0290. The summed E-state index contributed by atoms with van der Waals surface area (Å²) in [5.41, 5.74) is 2.02. The summed E-state index contributed by atoms with van der Waals surface area (Å²) in [6, 6.07) is 6.08. The molecule has 0 fully saturated rings. The Bertz CT molecular complexity index is 737. The molecule has 0 aliphatic carbocycles. The SMILES string of the molecule is CCn1c(C(=O)O)ccc1-c1cc(Cl)c([N+](=O)[O-])cc1C. The number of rotatable bonds is 4. The Hall–Kier alpha value is -2.34. The van der Waals surface area contributed by atoms with Gasteiger partial charge in [0.1, 0.15) is 10.7 Å². The van der Waals surface area contributed by atoms with Crippen molar-refractivity contribution in [3.8, 4) is 11.3 Å². The fourth-order valence-electron chi connectivity index (χ4n) is 2.31. The summed E-state index contributed by atoms with van der Waals surface area (Å²) in [5, 5.41) is 20.1. The molecule has 0 atom stereocenters. The van der Waals surface area contributed by atoms with Crippen LogP contribution in [0.5, 0.6) is 0 Å². The molecule has 0 bridgehead atoms. The lowest BCUT2D eigenvalue weighted by atomic mass is 10.0. The number of carbonyl (C=O) groups is 1. The Labute approximate surface area is 125 Å². The van der Waals surface area contributed by atoms with Gasteiger partial charge in [-0.1, -0.05) is 11.6 Å². The van der Waals surface area contributed by atoms with Crippen molar-refractivity contribution in [1.29, 1.82) is 0 Å². The van der Waals surface area contributed by atoms with Gasteiger partial charge < -0.3 is 9.67 Å². The van der Waals surface area contributed by atoms with Crippen LogP contribution in [-0.4, -0.2) is 20.6 Å². The third-order valence-electron chi connectivity index (χ3n) is 3.28. The zero-order valence-corrected chi connectivity index (χ0v) is 12.2. The van der Waals surface area contributed by atoms with Crippen LogP contribution in [0.4, 0.5) is 5.69 Å². The molecule has 1 aromatic heterocycles. The van der Waals surface area contributed by atoms with Gasteiger partial charge in [0, 0.05) is 23.9 Å². The van der Waals surface area contributed by atoms with Crippen LogP contribution < -0.4 is 0 Å². The normalized spacial score (nSPS) is 10.6. The quantitative estimate of drug-likeness (QED) is 0.688. The van der Waals surface area contributed by atoms with Crippen molar-refractivity contribution in [2.45, 2.75) is 20.4 Å². The van der Waals surface area contributed by atoms with Crippen molar-refractivity contribution >= 4 is 23.3 Å². The molecule has 1 heterocycles. The number of nitrogens with zero attached hydrogens (tertiary/aromatic N) is 2. The topological polar surface area (TPSA) is 85.4 Å². The molecule has 0 spiro atoms. The van der Waals surface area contributed by atoms with E-state index in [9.17, 15) is 14.9 Å². The number of carboxylic acids is 1. The molecule has 0 aliphatic heterocycles. The van der Waals surface area contributed by atoms with Gasteiger partial charge in [-0.2, -0.15) is 0 Å². The van der Waals surface area contributed by atoms with Crippen molar-refractivity contribution in [3.05, 3.63) is 50.7 Å². The smallest absolute Gasteiger partial charge is 0.352 e. The summed E-state index contributed by atoms with van der Waals surface area (Å²) in [7, 11) is 0. The maximum Gasteiger partial charge on any atom is 0.352 e.